The molecule has 8 heteroatoms. The summed E-state index contributed by atoms with van der Waals surface area (Å²) in [5.74, 6) is 1.07. The van der Waals surface area contributed by atoms with Crippen molar-refractivity contribution in [3.8, 4) is 11.5 Å². The van der Waals surface area contributed by atoms with Crippen molar-refractivity contribution in [1.82, 2.24) is 4.72 Å². The summed E-state index contributed by atoms with van der Waals surface area (Å²) < 4.78 is 38.8. The molecule has 0 saturated carbocycles. The fourth-order valence-corrected chi connectivity index (χ4v) is 5.95. The number of rotatable bonds is 12. The van der Waals surface area contributed by atoms with Crippen LogP contribution in [-0.2, 0) is 16.4 Å². The Bertz CT molecular complexity index is 1450. The van der Waals surface area contributed by atoms with E-state index in [0.717, 1.165) is 68.2 Å². The van der Waals surface area contributed by atoms with Crippen LogP contribution in [0.3, 0.4) is 0 Å². The molecule has 0 fully saturated rings. The van der Waals surface area contributed by atoms with E-state index in [2.05, 4.69) is 52.8 Å². The third kappa shape index (κ3) is 10.4. The smallest absolute Gasteiger partial charge is 0.426 e. The number of benzene rings is 2. The van der Waals surface area contributed by atoms with Crippen LogP contribution in [0.25, 0.3) is 0 Å². The van der Waals surface area contributed by atoms with Crippen molar-refractivity contribution in [3.63, 3.8) is 0 Å². The van der Waals surface area contributed by atoms with Crippen molar-refractivity contribution >= 4 is 27.7 Å². The second-order valence-electron chi connectivity index (χ2n) is 11.7. The lowest BCUT2D eigenvalue weighted by Crippen LogP contribution is -2.36. The molecule has 1 N–H and O–H groups in total. The summed E-state index contributed by atoms with van der Waals surface area (Å²) in [5, 5.41) is 0.394. The van der Waals surface area contributed by atoms with Gasteiger partial charge in [0, 0.05) is 5.02 Å². The van der Waals surface area contributed by atoms with Crippen LogP contribution in [0.1, 0.15) is 90.7 Å². The molecule has 3 rings (SSSR count). The van der Waals surface area contributed by atoms with E-state index in [0.29, 0.717) is 5.02 Å². The highest BCUT2D eigenvalue weighted by molar-refractivity contribution is 7.90. The van der Waals surface area contributed by atoms with Gasteiger partial charge in [-0.1, -0.05) is 46.5 Å². The van der Waals surface area contributed by atoms with E-state index in [-0.39, 0.29) is 16.2 Å². The number of fused-ring (bicyclic) bond motifs is 1. The Morgan fingerprint density at radius 3 is 2.26 bits per heavy atom. The Kier molecular flexibility index (Phi) is 11.9. The number of sulfonamides is 1. The summed E-state index contributed by atoms with van der Waals surface area (Å²) >= 11 is 5.82. The number of hydrogen-bond acceptors (Lipinski definition) is 5. The number of halogens is 1. The summed E-state index contributed by atoms with van der Waals surface area (Å²) in [7, 11) is -4.09. The van der Waals surface area contributed by atoms with Crippen LogP contribution in [0.4, 0.5) is 4.79 Å². The van der Waals surface area contributed by atoms with Gasteiger partial charge in [0.15, 0.2) is 0 Å². The van der Waals surface area contributed by atoms with Gasteiger partial charge in [-0.15, -0.1) is 0 Å². The summed E-state index contributed by atoms with van der Waals surface area (Å²) in [6, 6.07) is 8.95. The first-order valence-corrected chi connectivity index (χ1v) is 16.4. The van der Waals surface area contributed by atoms with Crippen molar-refractivity contribution < 1.29 is 22.7 Å². The monoisotopic (exact) mass is 613 g/mol. The van der Waals surface area contributed by atoms with Gasteiger partial charge in [-0.3, -0.25) is 0 Å². The number of carbonyl (C=O) groups is 1. The molecule has 6 nitrogen and oxygen atoms in total. The third-order valence-corrected chi connectivity index (χ3v) is 9.02. The van der Waals surface area contributed by atoms with E-state index in [1.54, 1.807) is 12.1 Å². The molecule has 0 aromatic heterocycles. The molecule has 0 aliphatic carbocycles. The Morgan fingerprint density at radius 1 is 1.00 bits per heavy atom. The number of carbonyl (C=O) groups excluding carboxylic acids is 1. The van der Waals surface area contributed by atoms with Gasteiger partial charge in [-0.05, 0) is 140 Å². The fourth-order valence-electron chi connectivity index (χ4n) is 4.95. The molecular formula is C34H44ClNO5S. The van der Waals surface area contributed by atoms with E-state index < -0.39 is 16.1 Å². The van der Waals surface area contributed by atoms with Crippen LogP contribution >= 0.6 is 11.6 Å². The topological polar surface area (TPSA) is 81.7 Å². The van der Waals surface area contributed by atoms with Gasteiger partial charge >= 0.3 is 6.09 Å². The van der Waals surface area contributed by atoms with Crippen LogP contribution in [0.5, 0.6) is 11.5 Å². The molecule has 0 saturated heterocycles. The zero-order valence-electron chi connectivity index (χ0n) is 25.7. The summed E-state index contributed by atoms with van der Waals surface area (Å²) in [6.07, 6.45) is 13.7. The third-order valence-electron chi connectivity index (χ3n) is 7.44. The highest BCUT2D eigenvalue weighted by Crippen LogP contribution is 2.40. The van der Waals surface area contributed by atoms with Crippen LogP contribution in [0, 0.1) is 6.92 Å². The predicted octanol–water partition coefficient (Wildman–Crippen LogP) is 9.41. The average molecular weight is 614 g/mol. The zero-order valence-corrected chi connectivity index (χ0v) is 27.3. The maximum atomic E-state index is 12.5. The van der Waals surface area contributed by atoms with Crippen LogP contribution in [0.15, 0.2) is 76.2 Å². The van der Waals surface area contributed by atoms with Gasteiger partial charge < -0.3 is 9.47 Å². The molecule has 2 aromatic rings. The van der Waals surface area contributed by atoms with Crippen molar-refractivity contribution in [1.29, 1.82) is 0 Å². The van der Waals surface area contributed by atoms with E-state index in [1.807, 2.05) is 11.6 Å². The van der Waals surface area contributed by atoms with Crippen LogP contribution < -0.4 is 14.2 Å². The van der Waals surface area contributed by atoms with Crippen LogP contribution in [-0.4, -0.2) is 20.1 Å². The maximum Gasteiger partial charge on any atom is 0.426 e. The average Bonchev–Trinajstić information content (AvgIpc) is 2.89. The summed E-state index contributed by atoms with van der Waals surface area (Å²) in [4.78, 5) is 12.3. The first kappa shape index (κ1) is 33.5. The quantitative estimate of drug-likeness (QED) is 0.241. The van der Waals surface area contributed by atoms with Crippen molar-refractivity contribution in [3.05, 3.63) is 87.5 Å². The normalized spacial score (nSPS) is 17.2. The van der Waals surface area contributed by atoms with Gasteiger partial charge in [0.1, 0.15) is 17.1 Å². The molecule has 1 atom stereocenters. The van der Waals surface area contributed by atoms with E-state index in [1.165, 1.54) is 41.0 Å². The first-order chi connectivity index (χ1) is 19.8. The minimum absolute atomic E-state index is 0.0825. The van der Waals surface area contributed by atoms with E-state index >= 15 is 0 Å². The lowest BCUT2D eigenvalue weighted by molar-refractivity contribution is 0.0561. The van der Waals surface area contributed by atoms with Gasteiger partial charge in [-0.2, -0.15) is 0 Å². The maximum absolute atomic E-state index is 12.5. The second-order valence-corrected chi connectivity index (χ2v) is 13.8. The Morgan fingerprint density at radius 2 is 1.62 bits per heavy atom. The second kappa shape index (κ2) is 14.9. The minimum atomic E-state index is -4.09. The van der Waals surface area contributed by atoms with Gasteiger partial charge in [0.05, 0.1) is 4.90 Å². The van der Waals surface area contributed by atoms with E-state index in [9.17, 15) is 13.2 Å². The standard InChI is InChI=1S/C34H44ClNO5S/c1-24(2)10-7-11-25(3)12-8-13-26(4)14-9-20-34(6)21-19-28-23-30(22-27(5)32(28)41-34)40-33(37)36-42(38,39)31-17-15-29(35)16-18-31/h10,12,14-18,22-23H,7-9,11,13,19-21H2,1-6H3,(H,36,37). The Hall–Kier alpha value is -3.03. The molecule has 0 spiro atoms. The van der Waals surface area contributed by atoms with Crippen molar-refractivity contribution in [2.45, 2.75) is 103 Å². The Labute approximate surface area is 256 Å². The number of amides is 1. The highest BCUT2D eigenvalue weighted by Gasteiger charge is 2.32. The fraction of sp³-hybridized carbons (Fsp3) is 0.441. The number of hydrogen-bond donors (Lipinski definition) is 1. The van der Waals surface area contributed by atoms with Gasteiger partial charge in [0.25, 0.3) is 10.0 Å². The number of allylic oxidation sites excluding steroid dienone is 6. The largest absolute Gasteiger partial charge is 0.487 e. The predicted molar refractivity (Wildman–Crippen MR) is 171 cm³/mol. The Balaban J connectivity index is 1.52. The molecular weight excluding hydrogens is 570 g/mol. The minimum Gasteiger partial charge on any atom is -0.487 e. The zero-order chi connectivity index (χ0) is 30.9. The molecule has 0 bridgehead atoms. The van der Waals surface area contributed by atoms with Crippen molar-refractivity contribution in [2.24, 2.45) is 0 Å². The highest BCUT2D eigenvalue weighted by atomic mass is 35.5. The van der Waals surface area contributed by atoms with Gasteiger partial charge in [0.2, 0.25) is 0 Å². The molecule has 1 aliphatic rings. The number of nitrogens with one attached hydrogen (secondary N) is 1. The molecule has 0 radical (unpaired) electrons. The van der Waals surface area contributed by atoms with Gasteiger partial charge in [-0.25, -0.2) is 17.9 Å². The molecule has 228 valence electrons. The molecule has 1 aliphatic heterocycles. The lowest BCUT2D eigenvalue weighted by atomic mass is 9.87. The van der Waals surface area contributed by atoms with Crippen molar-refractivity contribution in [2.75, 3.05) is 0 Å². The number of aryl methyl sites for hydroxylation is 2. The summed E-state index contributed by atoms with van der Waals surface area (Å²) in [5.41, 5.74) is 5.71. The molecule has 42 heavy (non-hydrogen) atoms. The molecule has 1 heterocycles. The first-order valence-electron chi connectivity index (χ1n) is 14.5. The molecule has 1 unspecified atom stereocenters. The summed E-state index contributed by atoms with van der Waals surface area (Å²) in [6.45, 7) is 12.8. The molecule has 1 amide bonds. The van der Waals surface area contributed by atoms with Crippen LogP contribution in [0.2, 0.25) is 5.02 Å². The lowest BCUT2D eigenvalue weighted by Gasteiger charge is -2.37. The molecule has 2 aromatic carbocycles. The van der Waals surface area contributed by atoms with E-state index in [4.69, 9.17) is 21.1 Å². The number of ether oxygens (including phenoxy) is 2. The SMILES string of the molecule is CC(C)=CCCC(C)=CCCC(C)=CCCC1(C)CCc2cc(OC(=O)NS(=O)(=O)c3ccc(Cl)cc3)cc(C)c2O1.